The van der Waals surface area contributed by atoms with Gasteiger partial charge < -0.3 is 9.64 Å². The Labute approximate surface area is 217 Å². The molecule has 0 aliphatic carbocycles. The first-order valence-electron chi connectivity index (χ1n) is 12.1. The van der Waals surface area contributed by atoms with Gasteiger partial charge in [0.2, 0.25) is 15.9 Å². The van der Waals surface area contributed by atoms with Gasteiger partial charge in [-0.15, -0.1) is 0 Å². The van der Waals surface area contributed by atoms with Crippen molar-refractivity contribution < 1.29 is 17.9 Å². The van der Waals surface area contributed by atoms with Crippen LogP contribution in [0.2, 0.25) is 0 Å². The molecule has 0 saturated carbocycles. The molecule has 2 heterocycles. The van der Waals surface area contributed by atoms with Gasteiger partial charge in [0.25, 0.3) is 0 Å². The number of thiazole rings is 1. The Bertz CT molecular complexity index is 1340. The zero-order chi connectivity index (χ0) is 26.0. The fraction of sp³-hybridized carbons (Fsp3) is 0.462. The van der Waals surface area contributed by atoms with E-state index in [1.54, 1.807) is 17.0 Å². The number of benzene rings is 2. The normalized spacial score (nSPS) is 16.7. The van der Waals surface area contributed by atoms with E-state index >= 15 is 0 Å². The van der Waals surface area contributed by atoms with Gasteiger partial charge in [-0.1, -0.05) is 17.4 Å². The first-order valence-corrected chi connectivity index (χ1v) is 14.4. The van der Waals surface area contributed by atoms with Gasteiger partial charge in [-0.3, -0.25) is 9.69 Å². The van der Waals surface area contributed by atoms with Crippen molar-refractivity contribution in [1.82, 2.24) is 14.2 Å². The van der Waals surface area contributed by atoms with Gasteiger partial charge in [0.1, 0.15) is 11.8 Å². The summed E-state index contributed by atoms with van der Waals surface area (Å²) in [5, 5.41) is 0.621. The average Bonchev–Trinajstić information content (AvgIpc) is 3.49. The van der Waals surface area contributed by atoms with E-state index in [9.17, 15) is 13.2 Å². The van der Waals surface area contributed by atoms with Gasteiger partial charge >= 0.3 is 0 Å². The van der Waals surface area contributed by atoms with E-state index in [0.29, 0.717) is 36.8 Å². The molecule has 0 N–H and O–H groups in total. The number of amides is 1. The maximum atomic E-state index is 14.0. The maximum Gasteiger partial charge on any atom is 0.247 e. The van der Waals surface area contributed by atoms with Gasteiger partial charge in [-0.2, -0.15) is 4.31 Å². The summed E-state index contributed by atoms with van der Waals surface area (Å²) in [4.78, 5) is 22.7. The number of methoxy groups -OCH3 is 1. The molecular formula is C26H34N4O4S2. The Morgan fingerprint density at radius 1 is 1.17 bits per heavy atom. The predicted molar refractivity (Wildman–Crippen MR) is 145 cm³/mol. The van der Waals surface area contributed by atoms with Gasteiger partial charge in [-0.25, -0.2) is 13.4 Å². The second-order valence-electron chi connectivity index (χ2n) is 9.52. The molecule has 1 aliphatic rings. The van der Waals surface area contributed by atoms with Crippen molar-refractivity contribution in [3.63, 3.8) is 0 Å². The minimum atomic E-state index is -3.84. The molecule has 0 bridgehead atoms. The van der Waals surface area contributed by atoms with Crippen molar-refractivity contribution in [3.8, 4) is 5.75 Å². The van der Waals surface area contributed by atoms with Crippen molar-refractivity contribution in [1.29, 1.82) is 0 Å². The van der Waals surface area contributed by atoms with Crippen LogP contribution in [-0.4, -0.2) is 75.4 Å². The number of sulfonamides is 1. The van der Waals surface area contributed by atoms with Crippen LogP contribution >= 0.6 is 11.3 Å². The van der Waals surface area contributed by atoms with Gasteiger partial charge in [-0.05, 0) is 95.2 Å². The zero-order valence-electron chi connectivity index (χ0n) is 21.5. The van der Waals surface area contributed by atoms with E-state index in [2.05, 4.69) is 17.9 Å². The average molecular weight is 531 g/mol. The zero-order valence-corrected chi connectivity index (χ0v) is 23.2. The monoisotopic (exact) mass is 530 g/mol. The van der Waals surface area contributed by atoms with Crippen LogP contribution in [0.3, 0.4) is 0 Å². The minimum Gasteiger partial charge on any atom is -0.497 e. The largest absolute Gasteiger partial charge is 0.497 e. The molecule has 1 fully saturated rings. The lowest BCUT2D eigenvalue weighted by Crippen LogP contribution is -2.48. The number of aryl methyl sites for hydroxylation is 2. The van der Waals surface area contributed by atoms with Crippen LogP contribution in [0, 0.1) is 13.8 Å². The molecule has 1 unspecified atom stereocenters. The number of ether oxygens (including phenoxy) is 1. The van der Waals surface area contributed by atoms with E-state index in [-0.39, 0.29) is 10.8 Å². The number of nitrogens with zero attached hydrogens (tertiary/aromatic N) is 4. The molecular weight excluding hydrogens is 496 g/mol. The van der Waals surface area contributed by atoms with Crippen LogP contribution in [0.5, 0.6) is 5.75 Å². The number of aromatic nitrogens is 1. The highest BCUT2D eigenvalue weighted by atomic mass is 32.2. The molecule has 1 aromatic heterocycles. The van der Waals surface area contributed by atoms with Crippen LogP contribution in [-0.2, 0) is 14.8 Å². The molecule has 4 rings (SSSR count). The van der Waals surface area contributed by atoms with E-state index in [4.69, 9.17) is 9.72 Å². The SMILES string of the molecule is COc1ccc(S(=O)(=O)N2CCCC2C(=O)N(CCCN(C)C)c2nc3cc(C)cc(C)c3s2)cc1. The quantitative estimate of drug-likeness (QED) is 0.415. The van der Waals surface area contributed by atoms with E-state index < -0.39 is 16.1 Å². The lowest BCUT2D eigenvalue weighted by molar-refractivity contribution is -0.121. The Balaban J connectivity index is 1.67. The van der Waals surface area contributed by atoms with E-state index in [0.717, 1.165) is 34.3 Å². The number of carbonyl (C=O) groups excluding carboxylic acids is 1. The summed E-state index contributed by atoms with van der Waals surface area (Å²) in [7, 11) is 1.69. The number of rotatable bonds is 9. The summed E-state index contributed by atoms with van der Waals surface area (Å²) in [5.41, 5.74) is 3.11. The lowest BCUT2D eigenvalue weighted by Gasteiger charge is -2.29. The summed E-state index contributed by atoms with van der Waals surface area (Å²) in [6.45, 7) is 5.68. The molecule has 2 aromatic carbocycles. The summed E-state index contributed by atoms with van der Waals surface area (Å²) in [6, 6.07) is 9.69. The van der Waals surface area contributed by atoms with Gasteiger partial charge in [0.05, 0.1) is 22.2 Å². The van der Waals surface area contributed by atoms with E-state index in [1.165, 1.54) is 34.9 Å². The van der Waals surface area contributed by atoms with Crippen molar-refractivity contribution >= 4 is 42.6 Å². The number of fused-ring (bicyclic) bond motifs is 1. The Kier molecular flexibility index (Phi) is 7.99. The second kappa shape index (κ2) is 10.8. The molecule has 1 amide bonds. The molecule has 1 aliphatic heterocycles. The minimum absolute atomic E-state index is 0.160. The third-order valence-corrected chi connectivity index (χ3v) is 9.60. The first-order chi connectivity index (χ1) is 17.1. The number of hydrogen-bond acceptors (Lipinski definition) is 7. The van der Waals surface area contributed by atoms with Crippen molar-refractivity contribution in [2.75, 3.05) is 45.7 Å². The summed E-state index contributed by atoms with van der Waals surface area (Å²) in [5.74, 6) is 0.369. The van der Waals surface area contributed by atoms with E-state index in [1.807, 2.05) is 27.1 Å². The molecule has 1 saturated heterocycles. The summed E-state index contributed by atoms with van der Waals surface area (Å²) >= 11 is 1.49. The standard InChI is InChI=1S/C26H34N4O4S2/c1-18-16-19(2)24-22(17-18)27-26(35-24)29(14-7-13-28(3)4)25(31)23-8-6-15-30(23)36(32,33)21-11-9-20(34-5)10-12-21/h9-12,16-17,23H,6-8,13-15H2,1-5H3. The van der Waals surface area contributed by atoms with Crippen LogP contribution in [0.25, 0.3) is 10.2 Å². The smallest absolute Gasteiger partial charge is 0.247 e. The molecule has 0 radical (unpaired) electrons. The van der Waals surface area contributed by atoms with Crippen LogP contribution in [0.15, 0.2) is 41.3 Å². The van der Waals surface area contributed by atoms with Crippen molar-refractivity contribution in [2.24, 2.45) is 0 Å². The molecule has 10 heteroatoms. The third kappa shape index (κ3) is 5.41. The number of carbonyl (C=O) groups is 1. The van der Waals surface area contributed by atoms with Crippen molar-refractivity contribution in [3.05, 3.63) is 47.5 Å². The number of anilines is 1. The van der Waals surface area contributed by atoms with Crippen molar-refractivity contribution in [2.45, 2.75) is 44.0 Å². The van der Waals surface area contributed by atoms with Crippen LogP contribution < -0.4 is 9.64 Å². The van der Waals surface area contributed by atoms with Gasteiger partial charge in [0.15, 0.2) is 5.13 Å². The highest BCUT2D eigenvalue weighted by Gasteiger charge is 2.42. The summed E-state index contributed by atoms with van der Waals surface area (Å²) in [6.07, 6.45) is 1.88. The third-order valence-electron chi connectivity index (χ3n) is 6.45. The molecule has 36 heavy (non-hydrogen) atoms. The Hall–Kier alpha value is -2.53. The highest BCUT2D eigenvalue weighted by Crippen LogP contribution is 2.35. The van der Waals surface area contributed by atoms with Crippen LogP contribution in [0.1, 0.15) is 30.4 Å². The Morgan fingerprint density at radius 3 is 2.56 bits per heavy atom. The number of hydrogen-bond donors (Lipinski definition) is 0. The molecule has 0 spiro atoms. The topological polar surface area (TPSA) is 83.0 Å². The fourth-order valence-corrected chi connectivity index (χ4v) is 7.36. The molecule has 3 aromatic rings. The second-order valence-corrected chi connectivity index (χ2v) is 12.4. The van der Waals surface area contributed by atoms with Crippen LogP contribution in [0.4, 0.5) is 5.13 Å². The highest BCUT2D eigenvalue weighted by molar-refractivity contribution is 7.89. The molecule has 194 valence electrons. The molecule has 1 atom stereocenters. The Morgan fingerprint density at radius 2 is 1.89 bits per heavy atom. The maximum absolute atomic E-state index is 14.0. The lowest BCUT2D eigenvalue weighted by atomic mass is 10.1. The fourth-order valence-electron chi connectivity index (χ4n) is 4.66. The van der Waals surface area contributed by atoms with Gasteiger partial charge in [0, 0.05) is 13.1 Å². The first kappa shape index (κ1) is 26.5. The summed E-state index contributed by atoms with van der Waals surface area (Å²) < 4.78 is 34.6. The molecule has 8 nitrogen and oxygen atoms in total. The predicted octanol–water partition coefficient (Wildman–Crippen LogP) is 4.06.